The van der Waals surface area contributed by atoms with Gasteiger partial charge >= 0.3 is 13.8 Å². The number of aliphatic hydroxyl groups excluding tert-OH is 2. The quantitative estimate of drug-likeness (QED) is 0.0238. The van der Waals surface area contributed by atoms with Crippen molar-refractivity contribution in [2.24, 2.45) is 0 Å². The van der Waals surface area contributed by atoms with Crippen molar-refractivity contribution in [2.75, 3.05) is 33.0 Å². The Morgan fingerprint density at radius 3 is 1.43 bits per heavy atom. The highest BCUT2D eigenvalue weighted by Crippen LogP contribution is 2.43. The van der Waals surface area contributed by atoms with E-state index in [0.29, 0.717) is 13.0 Å². The Morgan fingerprint density at radius 2 is 0.950 bits per heavy atom. The second-order valence-corrected chi connectivity index (χ2v) is 16.1. The lowest BCUT2D eigenvalue weighted by atomic mass is 10.1. The van der Waals surface area contributed by atoms with Crippen molar-refractivity contribution >= 4 is 13.8 Å². The number of rotatable bonds is 42. The molecule has 0 heterocycles. The van der Waals surface area contributed by atoms with Crippen molar-refractivity contribution in [3.05, 3.63) is 109 Å². The molecule has 60 heavy (non-hydrogen) atoms. The van der Waals surface area contributed by atoms with E-state index in [9.17, 15) is 19.4 Å². The highest BCUT2D eigenvalue weighted by Gasteiger charge is 2.26. The first-order valence-corrected chi connectivity index (χ1v) is 24.4. The predicted molar refractivity (Wildman–Crippen MR) is 251 cm³/mol. The molecule has 0 saturated heterocycles. The van der Waals surface area contributed by atoms with Gasteiger partial charge in [0.15, 0.2) is 0 Å². The molecule has 342 valence electrons. The topological polar surface area (TPSA) is 132 Å². The molecule has 0 spiro atoms. The third kappa shape index (κ3) is 44.7. The molecule has 3 unspecified atom stereocenters. The average molecular weight is 859 g/mol. The largest absolute Gasteiger partial charge is 0.472 e. The van der Waals surface area contributed by atoms with E-state index in [-0.39, 0.29) is 13.0 Å². The lowest BCUT2D eigenvalue weighted by Crippen LogP contribution is -2.29. The van der Waals surface area contributed by atoms with Crippen molar-refractivity contribution in [1.29, 1.82) is 0 Å². The lowest BCUT2D eigenvalue weighted by Gasteiger charge is -2.20. The van der Waals surface area contributed by atoms with E-state index in [1.165, 1.54) is 51.4 Å². The summed E-state index contributed by atoms with van der Waals surface area (Å²) in [4.78, 5) is 22.6. The van der Waals surface area contributed by atoms with E-state index in [4.69, 9.17) is 23.6 Å². The number of ether oxygens (including phenoxy) is 2. The molecule has 0 aliphatic carbocycles. The summed E-state index contributed by atoms with van der Waals surface area (Å²) in [6, 6.07) is 0. The zero-order chi connectivity index (χ0) is 43.9. The van der Waals surface area contributed by atoms with Crippen LogP contribution in [0, 0.1) is 0 Å². The van der Waals surface area contributed by atoms with E-state index < -0.39 is 45.8 Å². The van der Waals surface area contributed by atoms with Gasteiger partial charge in [0, 0.05) is 13.0 Å². The molecule has 0 aromatic rings. The standard InChI is InChI=1S/C50H83O9P/c1-3-5-7-9-11-13-15-17-19-21-23-25-27-29-31-33-35-37-39-41-43-56-46-49(47-58-60(54,55)57-45-48(52)44-51)59-50(53)42-40-38-36-34-32-30-28-26-24-22-20-18-16-14-12-10-8-6-4-2/h6,8,11-14,17-20,23-26,30,32,36,38,48-49,51-52H,3-5,7,9-10,15-16,21-22,27-29,31,33-35,37,39-47H2,1-2H3,(H,54,55)/b8-6-,13-11-,14-12-,19-17-,20-18-,25-23-,26-24-,32-30-,38-36-. The van der Waals surface area contributed by atoms with Gasteiger partial charge in [0.2, 0.25) is 0 Å². The summed E-state index contributed by atoms with van der Waals surface area (Å²) in [6.45, 7) is 3.22. The molecule has 0 aliphatic rings. The molecule has 0 amide bonds. The third-order valence-electron chi connectivity index (χ3n) is 8.96. The van der Waals surface area contributed by atoms with E-state index in [0.717, 1.165) is 77.0 Å². The number of hydrogen-bond acceptors (Lipinski definition) is 8. The molecule has 0 aromatic heterocycles. The fourth-order valence-corrected chi connectivity index (χ4v) is 6.29. The highest BCUT2D eigenvalue weighted by molar-refractivity contribution is 7.47. The van der Waals surface area contributed by atoms with Gasteiger partial charge in [-0.25, -0.2) is 4.57 Å². The summed E-state index contributed by atoms with van der Waals surface area (Å²) in [5.41, 5.74) is 0. The first kappa shape index (κ1) is 57.1. The minimum atomic E-state index is -4.55. The van der Waals surface area contributed by atoms with Gasteiger partial charge in [-0.05, 0) is 89.9 Å². The van der Waals surface area contributed by atoms with Gasteiger partial charge in [0.1, 0.15) is 12.2 Å². The van der Waals surface area contributed by atoms with Crippen LogP contribution in [0.5, 0.6) is 0 Å². The first-order chi connectivity index (χ1) is 29.3. The van der Waals surface area contributed by atoms with Crippen LogP contribution in [0.25, 0.3) is 0 Å². The normalized spacial score (nSPS) is 14.9. The minimum absolute atomic E-state index is 0.00436. The molecule has 0 rings (SSSR count). The fraction of sp³-hybridized carbons (Fsp3) is 0.620. The maximum absolute atomic E-state index is 12.6. The number of unbranched alkanes of at least 4 members (excludes halogenated alkanes) is 10. The number of phosphoric acid groups is 1. The highest BCUT2D eigenvalue weighted by atomic mass is 31.2. The fourth-order valence-electron chi connectivity index (χ4n) is 5.50. The van der Waals surface area contributed by atoms with Crippen LogP contribution >= 0.6 is 7.82 Å². The van der Waals surface area contributed by atoms with Gasteiger partial charge in [0.05, 0.1) is 26.4 Å². The zero-order valence-corrected chi connectivity index (χ0v) is 38.3. The number of esters is 1. The maximum Gasteiger partial charge on any atom is 0.472 e. The summed E-state index contributed by atoms with van der Waals surface area (Å²) in [6.07, 6.45) is 59.2. The van der Waals surface area contributed by atoms with Gasteiger partial charge in [-0.15, -0.1) is 0 Å². The Kier molecular flexibility index (Phi) is 43.5. The molecule has 0 aromatic carbocycles. The molecule has 0 fully saturated rings. The van der Waals surface area contributed by atoms with Crippen molar-refractivity contribution in [2.45, 2.75) is 167 Å². The van der Waals surface area contributed by atoms with Crippen LogP contribution in [0.1, 0.15) is 155 Å². The Balaban J connectivity index is 4.32. The number of aliphatic hydroxyl groups is 2. The van der Waals surface area contributed by atoms with Crippen LogP contribution in [-0.4, -0.2) is 66.3 Å². The van der Waals surface area contributed by atoms with Crippen molar-refractivity contribution < 1.29 is 43.0 Å². The second kappa shape index (κ2) is 45.6. The third-order valence-corrected chi connectivity index (χ3v) is 9.91. The summed E-state index contributed by atoms with van der Waals surface area (Å²) in [5.74, 6) is -0.472. The molecule has 0 saturated carbocycles. The Morgan fingerprint density at radius 1 is 0.533 bits per heavy atom. The minimum Gasteiger partial charge on any atom is -0.457 e. The monoisotopic (exact) mass is 859 g/mol. The van der Waals surface area contributed by atoms with Crippen molar-refractivity contribution in [3.8, 4) is 0 Å². The van der Waals surface area contributed by atoms with Gasteiger partial charge < -0.3 is 24.6 Å². The number of carbonyl (C=O) groups is 1. The van der Waals surface area contributed by atoms with Crippen molar-refractivity contribution in [3.63, 3.8) is 0 Å². The van der Waals surface area contributed by atoms with Crippen LogP contribution in [0.4, 0.5) is 0 Å². The van der Waals surface area contributed by atoms with Gasteiger partial charge in [-0.2, -0.15) is 0 Å². The molecule has 10 heteroatoms. The summed E-state index contributed by atoms with van der Waals surface area (Å²) >= 11 is 0. The van der Waals surface area contributed by atoms with Crippen LogP contribution in [-0.2, 0) is 27.9 Å². The molecular weight excluding hydrogens is 776 g/mol. The molecule has 3 atom stereocenters. The molecule has 3 N–H and O–H groups in total. The maximum atomic E-state index is 12.6. The van der Waals surface area contributed by atoms with Crippen LogP contribution < -0.4 is 0 Å². The van der Waals surface area contributed by atoms with Crippen LogP contribution in [0.3, 0.4) is 0 Å². The Labute approximate surface area is 365 Å². The van der Waals surface area contributed by atoms with E-state index in [1.807, 2.05) is 12.2 Å². The summed E-state index contributed by atoms with van der Waals surface area (Å²) < 4.78 is 33.3. The number of allylic oxidation sites excluding steroid dienone is 18. The van der Waals surface area contributed by atoms with Gasteiger partial charge in [0.25, 0.3) is 0 Å². The zero-order valence-electron chi connectivity index (χ0n) is 37.4. The van der Waals surface area contributed by atoms with Crippen molar-refractivity contribution in [1.82, 2.24) is 0 Å². The summed E-state index contributed by atoms with van der Waals surface area (Å²) in [5, 5.41) is 18.4. The number of phosphoric ester groups is 1. The smallest absolute Gasteiger partial charge is 0.457 e. The van der Waals surface area contributed by atoms with E-state index >= 15 is 0 Å². The summed E-state index contributed by atoms with van der Waals surface area (Å²) in [7, 11) is -4.55. The molecule has 0 bridgehead atoms. The second-order valence-electron chi connectivity index (χ2n) is 14.7. The number of carbonyl (C=O) groups excluding carboxylic acids is 1. The first-order valence-electron chi connectivity index (χ1n) is 22.9. The molecular formula is C50H83O9P. The lowest BCUT2D eigenvalue weighted by molar-refractivity contribution is -0.154. The predicted octanol–water partition coefficient (Wildman–Crippen LogP) is 13.0. The molecule has 0 radical (unpaired) electrons. The average Bonchev–Trinajstić information content (AvgIpc) is 3.24. The number of hydrogen-bond donors (Lipinski definition) is 3. The van der Waals surface area contributed by atoms with Gasteiger partial charge in [-0.3, -0.25) is 13.8 Å². The molecule has 0 aliphatic heterocycles. The van der Waals surface area contributed by atoms with Crippen LogP contribution in [0.15, 0.2) is 109 Å². The van der Waals surface area contributed by atoms with E-state index in [1.54, 1.807) is 0 Å². The Bertz CT molecular complexity index is 1290. The van der Waals surface area contributed by atoms with E-state index in [2.05, 4.69) is 111 Å². The molecule has 9 nitrogen and oxygen atoms in total. The Hall–Kier alpha value is -2.88. The SMILES string of the molecule is CC/C=C\C/C=C\C/C=C\C/C=C\C/C=C\C/C=C\CCC(=O)OC(COCCCCCCCCC/C=C\C/C=C\C/C=C\CCCCC)COP(=O)(O)OCC(O)CO. The van der Waals surface area contributed by atoms with Crippen LogP contribution in [0.2, 0.25) is 0 Å². The van der Waals surface area contributed by atoms with Gasteiger partial charge in [-0.1, -0.05) is 168 Å².